The highest BCUT2D eigenvalue weighted by atomic mass is 127. The van der Waals surface area contributed by atoms with Gasteiger partial charge in [-0.2, -0.15) is 0 Å². The Kier molecular flexibility index (Phi) is 7.61. The van der Waals surface area contributed by atoms with Crippen LogP contribution in [-0.4, -0.2) is 50.5 Å². The molecule has 4 rings (SSSR count). The van der Waals surface area contributed by atoms with Gasteiger partial charge in [-0.3, -0.25) is 4.99 Å². The van der Waals surface area contributed by atoms with Crippen molar-refractivity contribution in [3.63, 3.8) is 0 Å². The van der Waals surface area contributed by atoms with Crippen LogP contribution in [0.5, 0.6) is 0 Å². The van der Waals surface area contributed by atoms with Crippen LogP contribution in [-0.2, 0) is 11.2 Å². The zero-order valence-electron chi connectivity index (χ0n) is 16.8. The minimum atomic E-state index is 0. The maximum absolute atomic E-state index is 9.41. The van der Waals surface area contributed by atoms with Crippen molar-refractivity contribution in [2.75, 3.05) is 39.5 Å². The monoisotopic (exact) mass is 499 g/mol. The first-order valence-electron chi connectivity index (χ1n) is 10.5. The number of aliphatic hydroxyl groups excluding tert-OH is 1. The summed E-state index contributed by atoms with van der Waals surface area (Å²) in [6.45, 7) is 6.35. The number of hydrogen-bond acceptors (Lipinski definition) is 3. The quantitative estimate of drug-likeness (QED) is 0.307. The van der Waals surface area contributed by atoms with E-state index < -0.39 is 0 Å². The van der Waals surface area contributed by atoms with Gasteiger partial charge in [-0.05, 0) is 61.5 Å². The number of rotatable bonds is 7. The van der Waals surface area contributed by atoms with E-state index in [1.54, 1.807) is 11.1 Å². The highest BCUT2D eigenvalue weighted by molar-refractivity contribution is 14.0. The van der Waals surface area contributed by atoms with Crippen LogP contribution in [0.1, 0.15) is 43.2 Å². The first-order chi connectivity index (χ1) is 13.3. The van der Waals surface area contributed by atoms with Gasteiger partial charge in [-0.15, -0.1) is 24.0 Å². The molecule has 1 saturated heterocycles. The number of halogens is 1. The fourth-order valence-electron chi connectivity index (χ4n) is 5.08. The van der Waals surface area contributed by atoms with E-state index >= 15 is 0 Å². The zero-order chi connectivity index (χ0) is 18.7. The molecule has 4 atom stereocenters. The van der Waals surface area contributed by atoms with Crippen molar-refractivity contribution < 1.29 is 9.84 Å². The number of aliphatic imine (C=N–C) groups is 1. The third-order valence-corrected chi connectivity index (χ3v) is 6.74. The summed E-state index contributed by atoms with van der Waals surface area (Å²) in [5.74, 6) is 3.19. The Labute approximate surface area is 185 Å². The molecular formula is C22H34IN3O2. The fraction of sp³-hybridized carbons (Fsp3) is 0.682. The summed E-state index contributed by atoms with van der Waals surface area (Å²) in [6, 6.07) is 8.97. The van der Waals surface area contributed by atoms with Crippen LogP contribution >= 0.6 is 24.0 Å². The molecule has 0 spiro atoms. The number of ether oxygens (including phenoxy) is 1. The summed E-state index contributed by atoms with van der Waals surface area (Å²) in [5.41, 5.74) is 3.13. The largest absolute Gasteiger partial charge is 0.396 e. The maximum atomic E-state index is 9.41. The van der Waals surface area contributed by atoms with E-state index in [1.807, 2.05) is 0 Å². The van der Waals surface area contributed by atoms with Crippen molar-refractivity contribution in [2.45, 2.75) is 38.5 Å². The fourth-order valence-corrected chi connectivity index (χ4v) is 5.08. The van der Waals surface area contributed by atoms with Gasteiger partial charge in [0.25, 0.3) is 0 Å². The molecule has 1 aromatic carbocycles. The molecule has 0 aromatic heterocycles. The van der Waals surface area contributed by atoms with Gasteiger partial charge in [0.2, 0.25) is 0 Å². The summed E-state index contributed by atoms with van der Waals surface area (Å²) < 4.78 is 5.59. The van der Waals surface area contributed by atoms with Gasteiger partial charge < -0.3 is 20.5 Å². The van der Waals surface area contributed by atoms with Crippen LogP contribution in [0.4, 0.5) is 0 Å². The van der Waals surface area contributed by atoms with E-state index in [4.69, 9.17) is 9.73 Å². The molecule has 0 radical (unpaired) electrons. The van der Waals surface area contributed by atoms with E-state index in [-0.39, 0.29) is 36.0 Å². The second kappa shape index (κ2) is 9.76. The van der Waals surface area contributed by atoms with Crippen molar-refractivity contribution >= 4 is 29.9 Å². The predicted octanol–water partition coefficient (Wildman–Crippen LogP) is 2.92. The Morgan fingerprint density at radius 3 is 2.93 bits per heavy atom. The summed E-state index contributed by atoms with van der Waals surface area (Å²) >= 11 is 0. The average molecular weight is 499 g/mol. The standard InChI is InChI=1S/C22H33N3O2.HI/c1-2-23-21(25-14-22(9-11-26)10-12-27-15-22)24-13-19-18-8-7-16-5-3-4-6-17(16)20(18)19;/h3-6,18-20,26H,2,7-15H2,1H3,(H2,23,24,25);1H. The smallest absolute Gasteiger partial charge is 0.191 e. The minimum Gasteiger partial charge on any atom is -0.396 e. The lowest BCUT2D eigenvalue weighted by Crippen LogP contribution is -2.40. The zero-order valence-corrected chi connectivity index (χ0v) is 19.2. The molecule has 2 fully saturated rings. The first kappa shape index (κ1) is 21.8. The third-order valence-electron chi connectivity index (χ3n) is 6.74. The van der Waals surface area contributed by atoms with Crippen LogP contribution in [0, 0.1) is 17.3 Å². The number of nitrogens with zero attached hydrogens (tertiary/aromatic N) is 1. The third kappa shape index (κ3) is 4.65. The first-order valence-corrected chi connectivity index (χ1v) is 10.5. The Balaban J connectivity index is 0.00000225. The Morgan fingerprint density at radius 1 is 1.32 bits per heavy atom. The van der Waals surface area contributed by atoms with E-state index in [0.717, 1.165) is 56.3 Å². The number of guanidine groups is 1. The number of benzene rings is 1. The average Bonchev–Trinajstić information content (AvgIpc) is 3.22. The molecule has 1 aromatic rings. The van der Waals surface area contributed by atoms with Crippen molar-refractivity contribution in [1.29, 1.82) is 0 Å². The molecule has 3 N–H and O–H groups in total. The molecular weight excluding hydrogens is 465 g/mol. The van der Waals surface area contributed by atoms with Gasteiger partial charge in [0, 0.05) is 31.7 Å². The Hall–Kier alpha value is -0.860. The molecule has 5 nitrogen and oxygen atoms in total. The molecule has 1 saturated carbocycles. The van der Waals surface area contributed by atoms with Gasteiger partial charge in [0.15, 0.2) is 5.96 Å². The lowest BCUT2D eigenvalue weighted by molar-refractivity contribution is 0.131. The van der Waals surface area contributed by atoms with Crippen LogP contribution in [0.25, 0.3) is 0 Å². The van der Waals surface area contributed by atoms with Crippen LogP contribution in [0.15, 0.2) is 29.3 Å². The summed E-state index contributed by atoms with van der Waals surface area (Å²) in [7, 11) is 0. The molecule has 1 heterocycles. The number of fused-ring (bicyclic) bond motifs is 3. The van der Waals surface area contributed by atoms with Gasteiger partial charge in [0.05, 0.1) is 13.2 Å². The van der Waals surface area contributed by atoms with Crippen LogP contribution in [0.3, 0.4) is 0 Å². The summed E-state index contributed by atoms with van der Waals surface area (Å²) in [6.07, 6.45) is 4.30. The minimum absolute atomic E-state index is 0. The molecule has 0 bridgehead atoms. The van der Waals surface area contributed by atoms with Crippen molar-refractivity contribution in [3.05, 3.63) is 35.4 Å². The molecule has 28 heavy (non-hydrogen) atoms. The molecule has 156 valence electrons. The Morgan fingerprint density at radius 2 is 2.18 bits per heavy atom. The molecule has 2 aliphatic carbocycles. The topological polar surface area (TPSA) is 65.9 Å². The molecule has 4 unspecified atom stereocenters. The molecule has 1 aliphatic heterocycles. The lowest BCUT2D eigenvalue weighted by atomic mass is 9.84. The number of hydrogen-bond donors (Lipinski definition) is 3. The molecule has 6 heteroatoms. The number of aryl methyl sites for hydroxylation is 1. The molecule has 3 aliphatic rings. The highest BCUT2D eigenvalue weighted by Crippen LogP contribution is 2.59. The van der Waals surface area contributed by atoms with Gasteiger partial charge in [0.1, 0.15) is 0 Å². The number of aliphatic hydroxyl groups is 1. The summed E-state index contributed by atoms with van der Waals surface area (Å²) in [5, 5.41) is 16.4. The van der Waals surface area contributed by atoms with E-state index in [9.17, 15) is 5.11 Å². The van der Waals surface area contributed by atoms with Crippen LogP contribution < -0.4 is 10.6 Å². The van der Waals surface area contributed by atoms with Gasteiger partial charge in [-0.25, -0.2) is 0 Å². The summed E-state index contributed by atoms with van der Waals surface area (Å²) in [4.78, 5) is 4.85. The predicted molar refractivity (Wildman–Crippen MR) is 123 cm³/mol. The second-order valence-corrected chi connectivity index (χ2v) is 8.44. The van der Waals surface area contributed by atoms with Gasteiger partial charge in [-0.1, -0.05) is 24.3 Å². The SMILES string of the molecule is CCNC(=NCC1(CCO)CCOC1)NCC1C2CCc3ccccc3C21.I. The van der Waals surface area contributed by atoms with E-state index in [0.29, 0.717) is 13.2 Å². The van der Waals surface area contributed by atoms with Crippen molar-refractivity contribution in [2.24, 2.45) is 22.2 Å². The van der Waals surface area contributed by atoms with Gasteiger partial charge >= 0.3 is 0 Å². The van der Waals surface area contributed by atoms with Crippen LogP contribution in [0.2, 0.25) is 0 Å². The number of nitrogens with one attached hydrogen (secondary N) is 2. The van der Waals surface area contributed by atoms with E-state index in [2.05, 4.69) is 41.8 Å². The normalized spacial score (nSPS) is 30.8. The molecule has 0 amide bonds. The Bertz CT molecular complexity index is 676. The van der Waals surface area contributed by atoms with Crippen molar-refractivity contribution in [3.8, 4) is 0 Å². The second-order valence-electron chi connectivity index (χ2n) is 8.44. The lowest BCUT2D eigenvalue weighted by Gasteiger charge is -2.24. The maximum Gasteiger partial charge on any atom is 0.191 e. The van der Waals surface area contributed by atoms with Crippen molar-refractivity contribution in [1.82, 2.24) is 10.6 Å². The van der Waals surface area contributed by atoms with E-state index in [1.165, 1.54) is 12.8 Å². The highest BCUT2D eigenvalue weighted by Gasteiger charge is 2.52.